The van der Waals surface area contributed by atoms with Crippen molar-refractivity contribution < 1.29 is 14.7 Å². The number of hydrogen-bond acceptors (Lipinski definition) is 3. The zero-order valence-corrected chi connectivity index (χ0v) is 7.24. The highest BCUT2D eigenvalue weighted by atomic mass is 16.4. The number of carboxylic acid groups (broad SMARTS) is 1. The quantitative estimate of drug-likeness (QED) is 0.646. The third-order valence-electron chi connectivity index (χ3n) is 1.61. The summed E-state index contributed by atoms with van der Waals surface area (Å²) in [6, 6.07) is 0. The molecule has 1 aromatic heterocycles. The van der Waals surface area contributed by atoms with Crippen molar-refractivity contribution >= 4 is 11.9 Å². The second-order valence-electron chi connectivity index (χ2n) is 2.41. The Hall–Kier alpha value is -1.85. The molecule has 0 unspecified atom stereocenters. The molecule has 6 nitrogen and oxygen atoms in total. The van der Waals surface area contributed by atoms with Crippen molar-refractivity contribution in [2.75, 3.05) is 7.05 Å². The molecule has 0 saturated heterocycles. The molecule has 0 aromatic carbocycles. The Kier molecular flexibility index (Phi) is 2.32. The molecule has 0 aliphatic heterocycles. The number of carbonyl (C=O) groups is 2. The van der Waals surface area contributed by atoms with Crippen LogP contribution in [0.2, 0.25) is 0 Å². The van der Waals surface area contributed by atoms with Gasteiger partial charge in [-0.2, -0.15) is 5.10 Å². The number of aromatic nitrogens is 2. The van der Waals surface area contributed by atoms with Crippen LogP contribution in [0, 0.1) is 0 Å². The summed E-state index contributed by atoms with van der Waals surface area (Å²) in [7, 11) is 2.90. The summed E-state index contributed by atoms with van der Waals surface area (Å²) in [6.07, 6.45) is 1.22. The van der Waals surface area contributed by atoms with E-state index in [1.54, 1.807) is 0 Å². The highest BCUT2D eigenvalue weighted by molar-refractivity contribution is 6.03. The summed E-state index contributed by atoms with van der Waals surface area (Å²) in [6.45, 7) is 0. The summed E-state index contributed by atoms with van der Waals surface area (Å²) in [5, 5.41) is 14.8. The highest BCUT2D eigenvalue weighted by Crippen LogP contribution is 2.06. The number of rotatable bonds is 2. The molecule has 6 heteroatoms. The van der Waals surface area contributed by atoms with Gasteiger partial charge in [-0.05, 0) is 0 Å². The third-order valence-corrected chi connectivity index (χ3v) is 1.61. The Morgan fingerprint density at radius 1 is 1.62 bits per heavy atom. The zero-order valence-electron chi connectivity index (χ0n) is 7.24. The van der Waals surface area contributed by atoms with Crippen molar-refractivity contribution in [2.45, 2.75) is 0 Å². The third kappa shape index (κ3) is 1.51. The summed E-state index contributed by atoms with van der Waals surface area (Å²) in [4.78, 5) is 21.8. The van der Waals surface area contributed by atoms with Crippen molar-refractivity contribution in [2.24, 2.45) is 7.05 Å². The van der Waals surface area contributed by atoms with Gasteiger partial charge in [0.05, 0.1) is 11.8 Å². The van der Waals surface area contributed by atoms with Gasteiger partial charge in [0.25, 0.3) is 5.91 Å². The number of nitrogens with zero attached hydrogens (tertiary/aromatic N) is 2. The molecule has 13 heavy (non-hydrogen) atoms. The topological polar surface area (TPSA) is 84.2 Å². The van der Waals surface area contributed by atoms with Crippen LogP contribution in [0.25, 0.3) is 0 Å². The molecule has 0 spiro atoms. The molecular formula is C7H9N3O3. The fourth-order valence-corrected chi connectivity index (χ4v) is 0.992. The van der Waals surface area contributed by atoms with Gasteiger partial charge in [-0.15, -0.1) is 0 Å². The first-order chi connectivity index (χ1) is 6.07. The van der Waals surface area contributed by atoms with Crippen LogP contribution in [0.4, 0.5) is 0 Å². The summed E-state index contributed by atoms with van der Waals surface area (Å²) >= 11 is 0. The lowest BCUT2D eigenvalue weighted by Gasteiger charge is -1.98. The average Bonchev–Trinajstić information content (AvgIpc) is 2.45. The van der Waals surface area contributed by atoms with Gasteiger partial charge in [-0.3, -0.25) is 9.48 Å². The molecule has 0 atom stereocenters. The van der Waals surface area contributed by atoms with E-state index in [9.17, 15) is 9.59 Å². The van der Waals surface area contributed by atoms with Crippen LogP contribution < -0.4 is 5.32 Å². The maximum absolute atomic E-state index is 11.1. The Bertz CT molecular complexity index is 356. The van der Waals surface area contributed by atoms with Gasteiger partial charge < -0.3 is 10.4 Å². The van der Waals surface area contributed by atoms with Crippen molar-refractivity contribution in [3.05, 3.63) is 17.5 Å². The lowest BCUT2D eigenvalue weighted by molar-refractivity contribution is 0.0679. The second kappa shape index (κ2) is 3.26. The SMILES string of the molecule is CNC(=O)c1cnn(C)c1C(=O)O. The first-order valence-electron chi connectivity index (χ1n) is 3.55. The summed E-state index contributed by atoms with van der Waals surface area (Å²) in [5.74, 6) is -1.62. The largest absolute Gasteiger partial charge is 0.477 e. The van der Waals surface area contributed by atoms with Crippen molar-refractivity contribution in [3.63, 3.8) is 0 Å². The number of amides is 1. The number of carboxylic acids is 1. The van der Waals surface area contributed by atoms with E-state index in [2.05, 4.69) is 10.4 Å². The molecule has 1 amide bonds. The fraction of sp³-hybridized carbons (Fsp3) is 0.286. The Balaban J connectivity index is 3.22. The number of hydrogen-bond donors (Lipinski definition) is 2. The zero-order chi connectivity index (χ0) is 10.0. The van der Waals surface area contributed by atoms with Gasteiger partial charge in [0.15, 0.2) is 5.69 Å². The van der Waals surface area contributed by atoms with Crippen LogP contribution in [0.1, 0.15) is 20.8 Å². The Morgan fingerprint density at radius 3 is 2.69 bits per heavy atom. The normalized spacial score (nSPS) is 9.69. The van der Waals surface area contributed by atoms with Gasteiger partial charge in [0, 0.05) is 14.1 Å². The lowest BCUT2D eigenvalue weighted by atomic mass is 10.2. The second-order valence-corrected chi connectivity index (χ2v) is 2.41. The molecule has 1 rings (SSSR count). The Labute approximate surface area is 74.2 Å². The molecule has 0 fully saturated rings. The smallest absolute Gasteiger partial charge is 0.354 e. The van der Waals surface area contributed by atoms with E-state index < -0.39 is 11.9 Å². The number of aromatic carboxylic acids is 1. The maximum atomic E-state index is 11.1. The standard InChI is InChI=1S/C7H9N3O3/c1-8-6(11)4-3-9-10(2)5(4)7(12)13/h3H,1-2H3,(H,8,11)(H,12,13). The average molecular weight is 183 g/mol. The highest BCUT2D eigenvalue weighted by Gasteiger charge is 2.20. The molecule has 0 saturated carbocycles. The van der Waals surface area contributed by atoms with E-state index in [0.29, 0.717) is 0 Å². The molecule has 70 valence electrons. The maximum Gasteiger partial charge on any atom is 0.354 e. The molecule has 2 N–H and O–H groups in total. The predicted octanol–water partition coefficient (Wildman–Crippen LogP) is -0.522. The van der Waals surface area contributed by atoms with E-state index in [-0.39, 0.29) is 11.3 Å². The first kappa shape index (κ1) is 9.24. The molecular weight excluding hydrogens is 174 g/mol. The van der Waals surface area contributed by atoms with E-state index >= 15 is 0 Å². The molecule has 1 heterocycles. The number of carbonyl (C=O) groups excluding carboxylic acids is 1. The van der Waals surface area contributed by atoms with Gasteiger partial charge in [-0.1, -0.05) is 0 Å². The van der Waals surface area contributed by atoms with Crippen LogP contribution in [-0.4, -0.2) is 33.8 Å². The van der Waals surface area contributed by atoms with Gasteiger partial charge >= 0.3 is 5.97 Å². The van der Waals surface area contributed by atoms with Crippen LogP contribution >= 0.6 is 0 Å². The first-order valence-corrected chi connectivity index (χ1v) is 3.55. The van der Waals surface area contributed by atoms with Crippen LogP contribution in [0.3, 0.4) is 0 Å². The van der Waals surface area contributed by atoms with Crippen molar-refractivity contribution in [1.82, 2.24) is 15.1 Å². The molecule has 0 bridgehead atoms. The van der Waals surface area contributed by atoms with Crippen molar-refractivity contribution in [1.29, 1.82) is 0 Å². The van der Waals surface area contributed by atoms with E-state index in [0.717, 1.165) is 4.68 Å². The van der Waals surface area contributed by atoms with Gasteiger partial charge in [0.1, 0.15) is 0 Å². The van der Waals surface area contributed by atoms with E-state index in [1.165, 1.54) is 20.3 Å². The minimum atomic E-state index is -1.17. The minimum absolute atomic E-state index is 0.0671. The summed E-state index contributed by atoms with van der Waals surface area (Å²) in [5.41, 5.74) is -0.0446. The molecule has 0 aliphatic rings. The molecule has 1 aromatic rings. The number of nitrogens with one attached hydrogen (secondary N) is 1. The van der Waals surface area contributed by atoms with Crippen molar-refractivity contribution in [3.8, 4) is 0 Å². The summed E-state index contributed by atoms with van der Waals surface area (Å²) < 4.78 is 1.15. The van der Waals surface area contributed by atoms with E-state index in [1.807, 2.05) is 0 Å². The number of aryl methyl sites for hydroxylation is 1. The van der Waals surface area contributed by atoms with Gasteiger partial charge in [-0.25, -0.2) is 4.79 Å². The molecule has 0 radical (unpaired) electrons. The Morgan fingerprint density at radius 2 is 2.23 bits per heavy atom. The van der Waals surface area contributed by atoms with E-state index in [4.69, 9.17) is 5.11 Å². The molecule has 0 aliphatic carbocycles. The van der Waals surface area contributed by atoms with Crippen LogP contribution in [0.5, 0.6) is 0 Å². The predicted molar refractivity (Wildman–Crippen MR) is 43.6 cm³/mol. The monoisotopic (exact) mass is 183 g/mol. The van der Waals surface area contributed by atoms with Gasteiger partial charge in [0.2, 0.25) is 0 Å². The minimum Gasteiger partial charge on any atom is -0.477 e. The lowest BCUT2D eigenvalue weighted by Crippen LogP contribution is -2.21. The van der Waals surface area contributed by atoms with Crippen LogP contribution in [0.15, 0.2) is 6.20 Å². The van der Waals surface area contributed by atoms with Crippen LogP contribution in [-0.2, 0) is 7.05 Å². The fourth-order valence-electron chi connectivity index (χ4n) is 0.992.